The third-order valence-corrected chi connectivity index (χ3v) is 7.00. The van der Waals surface area contributed by atoms with E-state index in [4.69, 9.17) is 10.5 Å². The molecule has 1 aromatic heterocycles. The van der Waals surface area contributed by atoms with Gasteiger partial charge in [0.15, 0.2) is 0 Å². The summed E-state index contributed by atoms with van der Waals surface area (Å²) in [5, 5.41) is 1.22. The Morgan fingerprint density at radius 2 is 1.64 bits per heavy atom. The number of fused-ring (bicyclic) bond motifs is 1. The topological polar surface area (TPSA) is 35.2 Å². The predicted molar refractivity (Wildman–Crippen MR) is 126 cm³/mol. The van der Waals surface area contributed by atoms with E-state index in [2.05, 4.69) is 59.7 Å². The number of nitrogen functional groups attached to an aromatic ring is 1. The van der Waals surface area contributed by atoms with Gasteiger partial charge in [-0.05, 0) is 61.3 Å². The molecule has 2 rings (SSSR count). The first-order chi connectivity index (χ1) is 13.1. The molecular weight excluding hydrogens is 362 g/mol. The van der Waals surface area contributed by atoms with Crippen molar-refractivity contribution in [2.24, 2.45) is 11.3 Å². The van der Waals surface area contributed by atoms with Crippen molar-refractivity contribution in [2.45, 2.75) is 98.7 Å². The zero-order chi connectivity index (χ0) is 20.8. The van der Waals surface area contributed by atoms with E-state index in [0.717, 1.165) is 5.69 Å². The maximum absolute atomic E-state index is 6.54. The first-order valence-corrected chi connectivity index (χ1v) is 11.9. The Bertz CT molecular complexity index is 726. The lowest BCUT2D eigenvalue weighted by Gasteiger charge is -2.43. The number of benzene rings is 1. The van der Waals surface area contributed by atoms with Crippen molar-refractivity contribution in [1.82, 2.24) is 0 Å². The van der Waals surface area contributed by atoms with Crippen molar-refractivity contribution in [3.63, 3.8) is 0 Å². The summed E-state index contributed by atoms with van der Waals surface area (Å²) in [5.74, 6) is 0.538. The summed E-state index contributed by atoms with van der Waals surface area (Å²) in [6.07, 6.45) is 9.34. The second-order valence-electron chi connectivity index (χ2n) is 9.88. The summed E-state index contributed by atoms with van der Waals surface area (Å²) in [5.41, 5.74) is 6.84. The van der Waals surface area contributed by atoms with Crippen molar-refractivity contribution in [1.29, 1.82) is 0 Å². The molecule has 0 fully saturated rings. The molecule has 1 heterocycles. The van der Waals surface area contributed by atoms with Crippen LogP contribution < -0.4 is 5.73 Å². The lowest BCUT2D eigenvalue weighted by atomic mass is 9.69. The Morgan fingerprint density at radius 1 is 0.964 bits per heavy atom. The van der Waals surface area contributed by atoms with Crippen molar-refractivity contribution in [2.75, 3.05) is 5.73 Å². The number of nitrogens with two attached hydrogens (primary N) is 1. The van der Waals surface area contributed by atoms with E-state index < -0.39 is 0 Å². The monoisotopic (exact) mass is 403 g/mol. The van der Waals surface area contributed by atoms with Crippen LogP contribution in [0.15, 0.2) is 24.3 Å². The molecule has 0 aliphatic carbocycles. The largest absolute Gasteiger partial charge is 0.399 e. The minimum atomic E-state index is -0.142. The van der Waals surface area contributed by atoms with E-state index in [-0.39, 0.29) is 11.0 Å². The van der Waals surface area contributed by atoms with Gasteiger partial charge in [-0.25, -0.2) is 0 Å². The van der Waals surface area contributed by atoms with Crippen LogP contribution in [0, 0.1) is 11.3 Å². The van der Waals surface area contributed by atoms with Gasteiger partial charge in [-0.3, -0.25) is 0 Å². The molecule has 0 spiro atoms. The number of anilines is 1. The minimum Gasteiger partial charge on any atom is -0.399 e. The first-order valence-electron chi connectivity index (χ1n) is 11.1. The fraction of sp³-hybridized carbons (Fsp3) is 0.680. The summed E-state index contributed by atoms with van der Waals surface area (Å²) in [6.45, 7) is 14.6. The molecule has 2 N–H and O–H groups in total. The normalized spacial score (nSPS) is 13.9. The molecule has 0 aliphatic heterocycles. The molecule has 1 atom stereocenters. The van der Waals surface area contributed by atoms with Gasteiger partial charge < -0.3 is 10.5 Å². The molecule has 2 aromatic rings. The number of rotatable bonds is 11. The minimum absolute atomic E-state index is 0.142. The molecule has 0 aliphatic rings. The number of thiophene rings is 1. The summed E-state index contributed by atoms with van der Waals surface area (Å²) >= 11 is 1.81. The fourth-order valence-corrected chi connectivity index (χ4v) is 5.46. The molecule has 0 radical (unpaired) electrons. The average Bonchev–Trinajstić information content (AvgIpc) is 3.00. The van der Waals surface area contributed by atoms with E-state index in [1.54, 1.807) is 0 Å². The first kappa shape index (κ1) is 23.2. The SMILES string of the molecule is CCCCCCCCC(C(C)(C)C)C(C)(C)OCc1cc2cc(N)ccc2s1. The standard InChI is InChI=1S/C25H41NOS/c1-7-8-9-10-11-12-13-23(24(2,3)4)25(5,6)27-18-21-17-19-16-20(26)14-15-22(19)28-21/h14-17,23H,7-13,18,26H2,1-6H3. The molecule has 0 saturated carbocycles. The van der Waals surface area contributed by atoms with E-state index in [0.29, 0.717) is 12.5 Å². The van der Waals surface area contributed by atoms with Gasteiger partial charge in [0, 0.05) is 15.3 Å². The molecule has 0 amide bonds. The summed E-state index contributed by atoms with van der Waals surface area (Å²) in [7, 11) is 0. The van der Waals surface area contributed by atoms with Gasteiger partial charge in [0.1, 0.15) is 0 Å². The average molecular weight is 404 g/mol. The third kappa shape index (κ3) is 6.77. The predicted octanol–water partition coefficient (Wildman–Crippen LogP) is 8.19. The van der Waals surface area contributed by atoms with Crippen LogP contribution >= 0.6 is 11.3 Å². The van der Waals surface area contributed by atoms with Gasteiger partial charge in [-0.2, -0.15) is 0 Å². The summed E-state index contributed by atoms with van der Waals surface area (Å²) in [4.78, 5) is 1.28. The van der Waals surface area contributed by atoms with E-state index in [1.807, 2.05) is 17.4 Å². The van der Waals surface area contributed by atoms with E-state index in [9.17, 15) is 0 Å². The Kier molecular flexibility index (Phi) is 8.39. The molecule has 0 bridgehead atoms. The molecule has 2 nitrogen and oxygen atoms in total. The van der Waals surface area contributed by atoms with Crippen LogP contribution in [0.2, 0.25) is 0 Å². The maximum atomic E-state index is 6.54. The fourth-order valence-electron chi connectivity index (χ4n) is 4.50. The second kappa shape index (κ2) is 10.1. The summed E-state index contributed by atoms with van der Waals surface area (Å²) < 4.78 is 7.82. The van der Waals surface area contributed by atoms with Gasteiger partial charge in [-0.1, -0.05) is 66.2 Å². The zero-order valence-electron chi connectivity index (χ0n) is 18.9. The highest BCUT2D eigenvalue weighted by atomic mass is 32.1. The summed E-state index contributed by atoms with van der Waals surface area (Å²) in [6, 6.07) is 8.37. The molecule has 158 valence electrons. The molecule has 28 heavy (non-hydrogen) atoms. The smallest absolute Gasteiger partial charge is 0.0817 e. The van der Waals surface area contributed by atoms with Crippen molar-refractivity contribution in [3.05, 3.63) is 29.1 Å². The number of unbranched alkanes of at least 4 members (excludes halogenated alkanes) is 5. The number of hydrogen-bond acceptors (Lipinski definition) is 3. The van der Waals surface area contributed by atoms with Crippen LogP contribution in [0.3, 0.4) is 0 Å². The Hall–Kier alpha value is -1.06. The van der Waals surface area contributed by atoms with Crippen LogP contribution in [-0.4, -0.2) is 5.60 Å². The van der Waals surface area contributed by atoms with Gasteiger partial charge in [0.2, 0.25) is 0 Å². The number of hydrogen-bond donors (Lipinski definition) is 1. The molecular formula is C25H41NOS. The lowest BCUT2D eigenvalue weighted by molar-refractivity contribution is -0.103. The Balaban J connectivity index is 1.96. The number of ether oxygens (including phenoxy) is 1. The van der Waals surface area contributed by atoms with Crippen LogP contribution in [-0.2, 0) is 11.3 Å². The van der Waals surface area contributed by atoms with Crippen LogP contribution in [0.25, 0.3) is 10.1 Å². The highest BCUT2D eigenvalue weighted by molar-refractivity contribution is 7.19. The molecule has 1 unspecified atom stereocenters. The van der Waals surface area contributed by atoms with E-state index >= 15 is 0 Å². The van der Waals surface area contributed by atoms with Crippen LogP contribution in [0.1, 0.15) is 91.4 Å². The van der Waals surface area contributed by atoms with Gasteiger partial charge >= 0.3 is 0 Å². The third-order valence-electron chi connectivity index (χ3n) is 5.91. The van der Waals surface area contributed by atoms with Gasteiger partial charge in [-0.15, -0.1) is 11.3 Å². The van der Waals surface area contributed by atoms with E-state index in [1.165, 1.54) is 59.9 Å². The van der Waals surface area contributed by atoms with Gasteiger partial charge in [0.05, 0.1) is 12.2 Å². The zero-order valence-corrected chi connectivity index (χ0v) is 19.8. The Labute approximate surface area is 176 Å². The van der Waals surface area contributed by atoms with Crippen molar-refractivity contribution in [3.8, 4) is 0 Å². The molecule has 0 saturated heterocycles. The second-order valence-corrected chi connectivity index (χ2v) is 11.0. The lowest BCUT2D eigenvalue weighted by Crippen LogP contribution is -2.42. The Morgan fingerprint density at radius 3 is 2.32 bits per heavy atom. The van der Waals surface area contributed by atoms with Crippen molar-refractivity contribution < 1.29 is 4.74 Å². The molecule has 1 aromatic carbocycles. The molecule has 3 heteroatoms. The highest BCUT2D eigenvalue weighted by Gasteiger charge is 2.38. The highest BCUT2D eigenvalue weighted by Crippen LogP contribution is 2.41. The van der Waals surface area contributed by atoms with Gasteiger partial charge in [0.25, 0.3) is 0 Å². The quantitative estimate of drug-likeness (QED) is 0.303. The van der Waals surface area contributed by atoms with Crippen LogP contribution in [0.5, 0.6) is 0 Å². The van der Waals surface area contributed by atoms with Crippen molar-refractivity contribution >= 4 is 27.1 Å². The maximum Gasteiger partial charge on any atom is 0.0817 e. The van der Waals surface area contributed by atoms with Crippen LogP contribution in [0.4, 0.5) is 5.69 Å².